The normalized spacial score (nSPS) is 14.9. The number of hydrogen-bond donors (Lipinski definition) is 2. The first kappa shape index (κ1) is 18.7. The van der Waals surface area contributed by atoms with Gasteiger partial charge >= 0.3 is 5.97 Å². The van der Waals surface area contributed by atoms with Crippen LogP contribution >= 0.6 is 0 Å². The fourth-order valence-corrected chi connectivity index (χ4v) is 3.54. The molecule has 1 aromatic carbocycles. The quantitative estimate of drug-likeness (QED) is 0.727. The van der Waals surface area contributed by atoms with E-state index in [4.69, 9.17) is 10.2 Å². The van der Waals surface area contributed by atoms with Crippen molar-refractivity contribution in [3.05, 3.63) is 47.7 Å². The Morgan fingerprint density at radius 3 is 2.22 bits per heavy atom. The van der Waals surface area contributed by atoms with Crippen LogP contribution in [0.5, 0.6) is 0 Å². The minimum atomic E-state index is -4.01. The SMILES string of the molecule is NS(=O)(=O)c1ccccc1C(=O)N1CCN(c2ccc(C(=O)O)nn2)CC1. The van der Waals surface area contributed by atoms with Crippen LogP contribution in [0.1, 0.15) is 20.8 Å². The summed E-state index contributed by atoms with van der Waals surface area (Å²) < 4.78 is 23.4. The van der Waals surface area contributed by atoms with Gasteiger partial charge in [-0.15, -0.1) is 10.2 Å². The summed E-state index contributed by atoms with van der Waals surface area (Å²) in [5, 5.41) is 21.6. The number of sulfonamides is 1. The molecule has 1 amide bonds. The van der Waals surface area contributed by atoms with E-state index >= 15 is 0 Å². The van der Waals surface area contributed by atoms with E-state index in [0.717, 1.165) is 0 Å². The topological polar surface area (TPSA) is 147 Å². The van der Waals surface area contributed by atoms with Crippen molar-refractivity contribution in [3.8, 4) is 0 Å². The number of aromatic nitrogens is 2. The van der Waals surface area contributed by atoms with E-state index in [0.29, 0.717) is 32.0 Å². The van der Waals surface area contributed by atoms with Gasteiger partial charge < -0.3 is 14.9 Å². The lowest BCUT2D eigenvalue weighted by Gasteiger charge is -2.35. The molecule has 1 aliphatic rings. The molecular formula is C16H17N5O5S. The number of carbonyl (C=O) groups excluding carboxylic acids is 1. The summed E-state index contributed by atoms with van der Waals surface area (Å²) >= 11 is 0. The third-order valence-corrected chi connectivity index (χ3v) is 5.15. The maximum atomic E-state index is 12.7. The molecule has 3 N–H and O–H groups in total. The Morgan fingerprint density at radius 1 is 1.00 bits per heavy atom. The number of aromatic carboxylic acids is 1. The van der Waals surface area contributed by atoms with Gasteiger partial charge in [-0.1, -0.05) is 12.1 Å². The Hall–Kier alpha value is -3.05. The average Bonchev–Trinajstić information content (AvgIpc) is 2.67. The van der Waals surface area contributed by atoms with Gasteiger partial charge in [0.1, 0.15) is 0 Å². The van der Waals surface area contributed by atoms with Crippen LogP contribution in [-0.2, 0) is 10.0 Å². The van der Waals surface area contributed by atoms with E-state index in [9.17, 15) is 18.0 Å². The molecule has 0 saturated carbocycles. The Morgan fingerprint density at radius 2 is 1.67 bits per heavy atom. The maximum Gasteiger partial charge on any atom is 0.356 e. The zero-order valence-corrected chi connectivity index (χ0v) is 15.0. The summed E-state index contributed by atoms with van der Waals surface area (Å²) in [7, 11) is -4.01. The third-order valence-electron chi connectivity index (χ3n) is 4.18. The number of carboxylic acid groups (broad SMARTS) is 1. The van der Waals surface area contributed by atoms with Gasteiger partial charge in [0.25, 0.3) is 5.91 Å². The van der Waals surface area contributed by atoms with E-state index in [1.54, 1.807) is 17.0 Å². The van der Waals surface area contributed by atoms with Crippen molar-refractivity contribution in [1.29, 1.82) is 0 Å². The average molecular weight is 391 g/mol. The van der Waals surface area contributed by atoms with Crippen LogP contribution in [0.2, 0.25) is 0 Å². The maximum absolute atomic E-state index is 12.7. The van der Waals surface area contributed by atoms with Crippen LogP contribution in [-0.4, -0.2) is 66.7 Å². The van der Waals surface area contributed by atoms with E-state index < -0.39 is 21.9 Å². The van der Waals surface area contributed by atoms with Gasteiger partial charge in [-0.05, 0) is 24.3 Å². The van der Waals surface area contributed by atoms with Crippen LogP contribution in [0.4, 0.5) is 5.82 Å². The van der Waals surface area contributed by atoms with Crippen molar-refractivity contribution >= 4 is 27.7 Å². The first-order valence-corrected chi connectivity index (χ1v) is 9.55. The van der Waals surface area contributed by atoms with Crippen molar-refractivity contribution in [2.45, 2.75) is 4.90 Å². The number of carboxylic acids is 1. The second kappa shape index (κ2) is 7.29. The molecule has 1 aromatic heterocycles. The fourth-order valence-electron chi connectivity index (χ4n) is 2.81. The molecule has 1 saturated heterocycles. The molecule has 11 heteroatoms. The molecule has 3 rings (SSSR count). The van der Waals surface area contributed by atoms with E-state index in [2.05, 4.69) is 10.2 Å². The number of amides is 1. The van der Waals surface area contributed by atoms with Gasteiger partial charge in [0, 0.05) is 26.2 Å². The highest BCUT2D eigenvalue weighted by molar-refractivity contribution is 7.89. The number of benzene rings is 1. The fraction of sp³-hybridized carbons (Fsp3) is 0.250. The van der Waals surface area contributed by atoms with Gasteiger partial charge in [-0.3, -0.25) is 4.79 Å². The molecule has 2 heterocycles. The molecule has 142 valence electrons. The lowest BCUT2D eigenvalue weighted by Crippen LogP contribution is -2.49. The molecule has 1 aliphatic heterocycles. The number of anilines is 1. The number of primary sulfonamides is 1. The zero-order chi connectivity index (χ0) is 19.6. The molecule has 0 unspecified atom stereocenters. The summed E-state index contributed by atoms with van der Waals surface area (Å²) in [5.41, 5.74) is -0.105. The van der Waals surface area contributed by atoms with Gasteiger partial charge in [0.05, 0.1) is 10.5 Å². The molecule has 0 bridgehead atoms. The minimum Gasteiger partial charge on any atom is -0.476 e. The van der Waals surface area contributed by atoms with E-state index in [-0.39, 0.29) is 16.2 Å². The zero-order valence-electron chi connectivity index (χ0n) is 14.1. The highest BCUT2D eigenvalue weighted by atomic mass is 32.2. The predicted molar refractivity (Wildman–Crippen MR) is 94.9 cm³/mol. The van der Waals surface area contributed by atoms with Crippen LogP contribution in [0.3, 0.4) is 0 Å². The number of rotatable bonds is 4. The molecule has 0 radical (unpaired) electrons. The Balaban J connectivity index is 1.71. The Kier molecular flexibility index (Phi) is 5.06. The molecule has 1 fully saturated rings. The van der Waals surface area contributed by atoms with Crippen LogP contribution in [0.25, 0.3) is 0 Å². The third kappa shape index (κ3) is 4.04. The summed E-state index contributed by atoms with van der Waals surface area (Å²) in [4.78, 5) is 26.8. The number of nitrogens with zero attached hydrogens (tertiary/aromatic N) is 4. The van der Waals surface area contributed by atoms with E-state index in [1.807, 2.05) is 4.90 Å². The second-order valence-electron chi connectivity index (χ2n) is 5.90. The number of nitrogens with two attached hydrogens (primary N) is 1. The van der Waals surface area contributed by atoms with Crippen molar-refractivity contribution in [2.24, 2.45) is 5.14 Å². The highest BCUT2D eigenvalue weighted by Gasteiger charge is 2.27. The standard InChI is InChI=1S/C16H17N5O5S/c17-27(25,26)13-4-2-1-3-11(13)15(22)21-9-7-20(8-10-21)14-6-5-12(16(23)24)18-19-14/h1-6H,7-10H2,(H,23,24)(H2,17,25,26). The largest absolute Gasteiger partial charge is 0.476 e. The molecule has 0 spiro atoms. The van der Waals surface area contributed by atoms with Gasteiger partial charge in [-0.25, -0.2) is 18.4 Å². The van der Waals surface area contributed by atoms with Gasteiger partial charge in [-0.2, -0.15) is 0 Å². The number of carbonyl (C=O) groups is 2. The molecule has 2 aromatic rings. The number of hydrogen-bond acceptors (Lipinski definition) is 7. The smallest absolute Gasteiger partial charge is 0.356 e. The van der Waals surface area contributed by atoms with Gasteiger partial charge in [0.15, 0.2) is 11.5 Å². The lowest BCUT2D eigenvalue weighted by atomic mass is 10.2. The molecule has 0 aliphatic carbocycles. The summed E-state index contributed by atoms with van der Waals surface area (Å²) in [5.74, 6) is -1.05. The second-order valence-corrected chi connectivity index (χ2v) is 7.43. The van der Waals surface area contributed by atoms with Crippen molar-refractivity contribution in [2.75, 3.05) is 31.1 Å². The Bertz CT molecular complexity index is 969. The predicted octanol–water partition coefficient (Wildman–Crippen LogP) is -0.215. The van der Waals surface area contributed by atoms with Crippen LogP contribution in [0.15, 0.2) is 41.3 Å². The highest BCUT2D eigenvalue weighted by Crippen LogP contribution is 2.19. The van der Waals surface area contributed by atoms with Crippen molar-refractivity contribution in [3.63, 3.8) is 0 Å². The van der Waals surface area contributed by atoms with Gasteiger partial charge in [0.2, 0.25) is 10.0 Å². The molecular weight excluding hydrogens is 374 g/mol. The van der Waals surface area contributed by atoms with Crippen LogP contribution < -0.4 is 10.0 Å². The van der Waals surface area contributed by atoms with Crippen LogP contribution in [0, 0.1) is 0 Å². The van der Waals surface area contributed by atoms with Crippen molar-refractivity contribution < 1.29 is 23.1 Å². The Labute approximate surface area is 155 Å². The summed E-state index contributed by atoms with van der Waals surface area (Å²) in [6.45, 7) is 1.59. The summed E-state index contributed by atoms with van der Waals surface area (Å²) in [6, 6.07) is 8.75. The lowest BCUT2D eigenvalue weighted by molar-refractivity contribution is 0.0687. The minimum absolute atomic E-state index is 0.0408. The molecule has 0 atom stereocenters. The first-order valence-electron chi connectivity index (χ1n) is 8.00. The summed E-state index contributed by atoms with van der Waals surface area (Å²) in [6.07, 6.45) is 0. The molecule has 27 heavy (non-hydrogen) atoms. The first-order chi connectivity index (χ1) is 12.8. The number of piperazine rings is 1. The van der Waals surface area contributed by atoms with E-state index in [1.165, 1.54) is 24.3 Å². The monoisotopic (exact) mass is 391 g/mol. The molecule has 10 nitrogen and oxygen atoms in total. The van der Waals surface area contributed by atoms with Crippen molar-refractivity contribution in [1.82, 2.24) is 15.1 Å².